The molecule has 4 N–H and O–H groups in total. The molecule has 0 radical (unpaired) electrons. The molecule has 0 aliphatic carbocycles. The molecule has 2 aliphatic rings. The number of aliphatic hydroxyl groups is 2. The molecule has 0 bridgehead atoms. The molecule has 2 heterocycles. The fourth-order valence-electron chi connectivity index (χ4n) is 6.95. The van der Waals surface area contributed by atoms with Crippen LogP contribution >= 0.6 is 0 Å². The zero-order valence-electron chi connectivity index (χ0n) is 33.1. The maximum absolute atomic E-state index is 11.3. The van der Waals surface area contributed by atoms with Crippen molar-refractivity contribution in [1.29, 1.82) is 0 Å². The molecule has 4 atom stereocenters. The van der Waals surface area contributed by atoms with Crippen molar-refractivity contribution >= 4 is 11.4 Å². The van der Waals surface area contributed by atoms with Gasteiger partial charge in [-0.05, 0) is 120 Å². The summed E-state index contributed by atoms with van der Waals surface area (Å²) >= 11 is 0. The third-order valence-electron chi connectivity index (χ3n) is 10.3. The van der Waals surface area contributed by atoms with E-state index >= 15 is 0 Å². The number of rotatable bonds is 21. The Labute approximate surface area is 335 Å². The van der Waals surface area contributed by atoms with E-state index in [1.807, 2.05) is 84.6 Å². The van der Waals surface area contributed by atoms with E-state index in [4.69, 9.17) is 34.2 Å². The van der Waals surface area contributed by atoms with Crippen molar-refractivity contribution in [2.75, 3.05) is 50.2 Å². The molecule has 0 saturated carbocycles. The van der Waals surface area contributed by atoms with Crippen LogP contribution in [0, 0.1) is 6.92 Å². The largest absolute Gasteiger partial charge is 0.491 e. The van der Waals surface area contributed by atoms with Crippen LogP contribution in [0.3, 0.4) is 0 Å². The summed E-state index contributed by atoms with van der Waals surface area (Å²) in [7, 11) is 0. The molecule has 10 nitrogen and oxygen atoms in total. The van der Waals surface area contributed by atoms with E-state index in [1.54, 1.807) is 0 Å². The van der Waals surface area contributed by atoms with Gasteiger partial charge in [-0.2, -0.15) is 0 Å². The van der Waals surface area contributed by atoms with Crippen molar-refractivity contribution in [3.63, 3.8) is 0 Å². The highest BCUT2D eigenvalue weighted by Crippen LogP contribution is 2.34. The molecule has 2 fully saturated rings. The zero-order valence-corrected chi connectivity index (χ0v) is 33.1. The smallest absolute Gasteiger partial charge is 0.215 e. The molecule has 0 spiro atoms. The quantitative estimate of drug-likeness (QED) is 0.0406. The van der Waals surface area contributed by atoms with E-state index in [9.17, 15) is 10.2 Å². The predicted molar refractivity (Wildman–Crippen MR) is 222 cm³/mol. The molecule has 5 aromatic carbocycles. The molecule has 7 rings (SSSR count). The Morgan fingerprint density at radius 2 is 0.982 bits per heavy atom. The summed E-state index contributed by atoms with van der Waals surface area (Å²) in [6.45, 7) is 9.01. The highest BCUT2D eigenvalue weighted by Gasteiger charge is 2.25. The number of nitrogens with zero attached hydrogens (tertiary/aromatic N) is 1. The lowest BCUT2D eigenvalue weighted by molar-refractivity contribution is -0.0264. The number of aliphatic hydroxyl groups excluding tert-OH is 2. The molecule has 0 aromatic heterocycles. The van der Waals surface area contributed by atoms with Crippen LogP contribution in [0.25, 0.3) is 0 Å². The summed E-state index contributed by atoms with van der Waals surface area (Å²) in [6, 6.07) is 33.8. The second kappa shape index (κ2) is 18.8. The summed E-state index contributed by atoms with van der Waals surface area (Å²) in [5.41, 5.74) is 15.8. The van der Waals surface area contributed by atoms with Gasteiger partial charge in [0.05, 0.1) is 26.3 Å². The highest BCUT2D eigenvalue weighted by molar-refractivity contribution is 5.72. The van der Waals surface area contributed by atoms with Gasteiger partial charge in [-0.25, -0.2) is 0 Å². The third kappa shape index (κ3) is 11.4. The molecule has 4 unspecified atom stereocenters. The monoisotopic (exact) mass is 774 g/mol. The normalized spacial score (nSPS) is 16.7. The van der Waals surface area contributed by atoms with Gasteiger partial charge < -0.3 is 49.3 Å². The number of aryl methyl sites for hydroxylation is 2. The Hall–Kier alpha value is -5.26. The van der Waals surface area contributed by atoms with Crippen molar-refractivity contribution in [2.24, 2.45) is 0 Å². The van der Waals surface area contributed by atoms with Gasteiger partial charge in [0.2, 0.25) is 12.6 Å². The Kier molecular flexibility index (Phi) is 13.2. The van der Waals surface area contributed by atoms with Gasteiger partial charge in [-0.15, -0.1) is 0 Å². The number of ether oxygens (including phenoxy) is 6. The van der Waals surface area contributed by atoms with Crippen molar-refractivity contribution < 1.29 is 38.6 Å². The number of nitrogens with two attached hydrogens (primary N) is 1. The lowest BCUT2D eigenvalue weighted by Gasteiger charge is -2.33. The van der Waals surface area contributed by atoms with Crippen LogP contribution in [0.2, 0.25) is 0 Å². The molecule has 0 amide bonds. The number of benzene rings is 5. The maximum Gasteiger partial charge on any atom is 0.215 e. The molecule has 57 heavy (non-hydrogen) atoms. The number of hydrogen-bond donors (Lipinski definition) is 3. The first-order chi connectivity index (χ1) is 27.7. The van der Waals surface area contributed by atoms with Crippen LogP contribution in [0.15, 0.2) is 103 Å². The van der Waals surface area contributed by atoms with Gasteiger partial charge in [0, 0.05) is 11.4 Å². The average Bonchev–Trinajstić information content (AvgIpc) is 4.16. The molecular weight excluding hydrogens is 721 g/mol. The topological polar surface area (TPSA) is 132 Å². The summed E-state index contributed by atoms with van der Waals surface area (Å²) < 4.78 is 34.0. The van der Waals surface area contributed by atoms with E-state index in [0.29, 0.717) is 30.4 Å². The number of nitrogen functional groups attached to an aromatic ring is 1. The summed E-state index contributed by atoms with van der Waals surface area (Å²) in [6.07, 6.45) is 1.07. The van der Waals surface area contributed by atoms with Gasteiger partial charge >= 0.3 is 0 Å². The Balaban J connectivity index is 0.978. The number of anilines is 2. The summed E-state index contributed by atoms with van der Waals surface area (Å²) in [5, 5.41) is 22.7. The van der Waals surface area contributed by atoms with Crippen LogP contribution in [0.5, 0.6) is 23.0 Å². The van der Waals surface area contributed by atoms with Crippen LogP contribution in [-0.2, 0) is 35.2 Å². The fourth-order valence-corrected chi connectivity index (χ4v) is 6.95. The minimum Gasteiger partial charge on any atom is -0.491 e. The van der Waals surface area contributed by atoms with Crippen molar-refractivity contribution in [3.05, 3.63) is 142 Å². The molecule has 2 saturated heterocycles. The second-order valence-electron chi connectivity index (χ2n) is 14.8. The van der Waals surface area contributed by atoms with Crippen molar-refractivity contribution in [3.8, 4) is 23.0 Å². The summed E-state index contributed by atoms with van der Waals surface area (Å²) in [5.74, 6) is 2.74. The molecule has 5 aromatic rings. The fraction of sp³-hybridized carbons (Fsp3) is 0.362. The van der Waals surface area contributed by atoms with E-state index in [1.165, 1.54) is 0 Å². The molecule has 2 aliphatic heterocycles. The van der Waals surface area contributed by atoms with E-state index in [0.717, 1.165) is 95.0 Å². The lowest BCUT2D eigenvalue weighted by Crippen LogP contribution is -2.42. The first-order valence-electron chi connectivity index (χ1n) is 19.9. The van der Waals surface area contributed by atoms with Gasteiger partial charge in [0.1, 0.15) is 48.4 Å². The molecule has 300 valence electrons. The average molecular weight is 775 g/mol. The summed E-state index contributed by atoms with van der Waals surface area (Å²) in [4.78, 5) is 1.91. The first-order valence-corrected chi connectivity index (χ1v) is 19.9. The Morgan fingerprint density at radius 3 is 1.33 bits per heavy atom. The highest BCUT2D eigenvalue weighted by atomic mass is 16.6. The minimum absolute atomic E-state index is 0.0688. The Morgan fingerprint density at radius 1 is 0.614 bits per heavy atom. The van der Waals surface area contributed by atoms with Crippen LogP contribution < -0.4 is 29.6 Å². The van der Waals surface area contributed by atoms with Gasteiger partial charge in [0.15, 0.2) is 0 Å². The van der Waals surface area contributed by atoms with E-state index in [2.05, 4.69) is 44.2 Å². The Bertz CT molecular complexity index is 1910. The van der Waals surface area contributed by atoms with Crippen LogP contribution in [-0.4, -0.2) is 74.5 Å². The van der Waals surface area contributed by atoms with E-state index < -0.39 is 12.6 Å². The standard InChI is InChI=1S/C47H54N2O8/c1-4-36-24-37(5-2)47(31(3)46(36)48)49(25-44(50)56-40-18-10-34(11-19-40)22-32-6-14-38(15-7-32)52-27-42-29-54-42)26-45(51)57-41-20-12-35(13-21-41)23-33-8-16-39(17-9-33)53-28-43-30-55-43/h6-21,24,42-45,50-51H,4-5,22-23,25-30,48H2,1-3H3. The molecule has 10 heteroatoms. The maximum atomic E-state index is 11.3. The van der Waals surface area contributed by atoms with Crippen molar-refractivity contribution in [2.45, 2.75) is 71.2 Å². The SMILES string of the molecule is CCc1cc(CC)c(N(CC(O)Oc2ccc(Cc3ccc(OCC4CO4)cc3)cc2)CC(O)Oc2ccc(Cc3ccc(OCC4CO4)cc3)cc2)c(C)c1N. The van der Waals surface area contributed by atoms with Gasteiger partial charge in [-0.1, -0.05) is 68.4 Å². The third-order valence-corrected chi connectivity index (χ3v) is 10.3. The molecular formula is C47H54N2O8. The number of hydrogen-bond acceptors (Lipinski definition) is 10. The van der Waals surface area contributed by atoms with Crippen LogP contribution in [0.1, 0.15) is 52.8 Å². The minimum atomic E-state index is -1.21. The van der Waals surface area contributed by atoms with Gasteiger partial charge in [0.25, 0.3) is 0 Å². The first kappa shape index (κ1) is 40.0. The number of epoxide rings is 2. The van der Waals surface area contributed by atoms with Crippen LogP contribution in [0.4, 0.5) is 11.4 Å². The zero-order chi connectivity index (χ0) is 39.7. The second-order valence-corrected chi connectivity index (χ2v) is 14.8. The van der Waals surface area contributed by atoms with Crippen molar-refractivity contribution in [1.82, 2.24) is 0 Å². The lowest BCUT2D eigenvalue weighted by atomic mass is 9.96. The van der Waals surface area contributed by atoms with E-state index in [-0.39, 0.29) is 25.3 Å². The van der Waals surface area contributed by atoms with Gasteiger partial charge in [-0.3, -0.25) is 0 Å². The predicted octanol–water partition coefficient (Wildman–Crippen LogP) is 7.04.